The maximum atomic E-state index is 13.6. The van der Waals surface area contributed by atoms with Crippen LogP contribution in [-0.4, -0.2) is 5.11 Å². The van der Waals surface area contributed by atoms with Crippen LogP contribution in [0.2, 0.25) is 0 Å². The molecule has 3 atom stereocenters. The molecule has 0 bridgehead atoms. The smallest absolute Gasteiger partial charge is 0.129 e. The van der Waals surface area contributed by atoms with Crippen molar-refractivity contribution in [3.63, 3.8) is 0 Å². The van der Waals surface area contributed by atoms with Crippen molar-refractivity contribution < 1.29 is 9.50 Å². The van der Waals surface area contributed by atoms with Crippen molar-refractivity contribution in [2.45, 2.75) is 32.3 Å². The first-order valence-corrected chi connectivity index (χ1v) is 6.50. The molecule has 3 unspecified atom stereocenters. The van der Waals surface area contributed by atoms with E-state index in [0.717, 1.165) is 23.7 Å². The molecule has 0 radical (unpaired) electrons. The molecular formula is C13H16BrFO. The fourth-order valence-electron chi connectivity index (χ4n) is 2.53. The van der Waals surface area contributed by atoms with Gasteiger partial charge in [-0.25, -0.2) is 4.39 Å². The predicted molar refractivity (Wildman–Crippen MR) is 65.6 cm³/mol. The first-order chi connectivity index (χ1) is 7.58. The Labute approximate surface area is 104 Å². The minimum Gasteiger partial charge on any atom is -0.388 e. The van der Waals surface area contributed by atoms with Gasteiger partial charge in [-0.15, -0.1) is 0 Å². The third-order valence-corrected chi connectivity index (χ3v) is 3.95. The Morgan fingerprint density at radius 1 is 1.44 bits per heavy atom. The number of benzene rings is 1. The summed E-state index contributed by atoms with van der Waals surface area (Å²) in [7, 11) is 0. The Balaban J connectivity index is 2.20. The third kappa shape index (κ3) is 2.46. The average Bonchev–Trinajstić information content (AvgIpc) is 2.67. The molecule has 0 aromatic heterocycles. The summed E-state index contributed by atoms with van der Waals surface area (Å²) in [4.78, 5) is 0. The normalized spacial score (nSPS) is 27.0. The molecule has 1 N–H and O–H groups in total. The molecule has 1 nitrogen and oxygen atoms in total. The van der Waals surface area contributed by atoms with Gasteiger partial charge in [0.05, 0.1) is 6.10 Å². The molecule has 1 saturated carbocycles. The van der Waals surface area contributed by atoms with E-state index in [1.807, 2.05) is 0 Å². The Morgan fingerprint density at radius 3 is 2.81 bits per heavy atom. The molecule has 3 heteroatoms. The molecule has 1 aromatic carbocycles. The van der Waals surface area contributed by atoms with Crippen LogP contribution in [0.3, 0.4) is 0 Å². The summed E-state index contributed by atoms with van der Waals surface area (Å²) in [6.07, 6.45) is 2.46. The molecule has 16 heavy (non-hydrogen) atoms. The van der Waals surface area contributed by atoms with Crippen LogP contribution in [0.1, 0.15) is 37.9 Å². The van der Waals surface area contributed by atoms with Gasteiger partial charge in [-0.2, -0.15) is 0 Å². The van der Waals surface area contributed by atoms with E-state index in [9.17, 15) is 9.50 Å². The highest BCUT2D eigenvalue weighted by Gasteiger charge is 2.29. The molecule has 0 aliphatic heterocycles. The number of rotatable bonds is 2. The van der Waals surface area contributed by atoms with Gasteiger partial charge < -0.3 is 5.11 Å². The highest BCUT2D eigenvalue weighted by molar-refractivity contribution is 9.10. The van der Waals surface area contributed by atoms with Crippen molar-refractivity contribution in [2.24, 2.45) is 11.8 Å². The van der Waals surface area contributed by atoms with Crippen molar-refractivity contribution in [1.82, 2.24) is 0 Å². The zero-order chi connectivity index (χ0) is 11.7. The zero-order valence-corrected chi connectivity index (χ0v) is 10.9. The van der Waals surface area contributed by atoms with Crippen LogP contribution < -0.4 is 0 Å². The van der Waals surface area contributed by atoms with Crippen molar-refractivity contribution in [3.05, 3.63) is 34.1 Å². The number of hydrogen-bond donors (Lipinski definition) is 1. The Morgan fingerprint density at radius 2 is 2.19 bits per heavy atom. The number of hydrogen-bond acceptors (Lipinski definition) is 1. The predicted octanol–water partition coefficient (Wildman–Crippen LogP) is 4.06. The zero-order valence-electron chi connectivity index (χ0n) is 9.29. The SMILES string of the molecule is CC1CCC(C(O)c2cc(Br)ccc2F)C1. The van der Waals surface area contributed by atoms with Crippen molar-refractivity contribution >= 4 is 15.9 Å². The van der Waals surface area contributed by atoms with Crippen molar-refractivity contribution in [3.8, 4) is 0 Å². The lowest BCUT2D eigenvalue weighted by Crippen LogP contribution is -2.11. The quantitative estimate of drug-likeness (QED) is 0.869. The highest BCUT2D eigenvalue weighted by Crippen LogP contribution is 2.39. The highest BCUT2D eigenvalue weighted by atomic mass is 79.9. The van der Waals surface area contributed by atoms with Crippen molar-refractivity contribution in [2.75, 3.05) is 0 Å². The lowest BCUT2D eigenvalue weighted by molar-refractivity contribution is 0.106. The minimum absolute atomic E-state index is 0.207. The molecule has 0 heterocycles. The topological polar surface area (TPSA) is 20.2 Å². The molecular weight excluding hydrogens is 271 g/mol. The van der Waals surface area contributed by atoms with E-state index in [2.05, 4.69) is 22.9 Å². The Bertz CT molecular complexity index is 380. The van der Waals surface area contributed by atoms with E-state index in [1.165, 1.54) is 6.07 Å². The van der Waals surface area contributed by atoms with Crippen LogP contribution in [0.4, 0.5) is 4.39 Å². The molecule has 0 saturated heterocycles. The fourth-order valence-corrected chi connectivity index (χ4v) is 2.91. The second-order valence-electron chi connectivity index (χ2n) is 4.79. The summed E-state index contributed by atoms with van der Waals surface area (Å²) in [6, 6.07) is 4.74. The first-order valence-electron chi connectivity index (χ1n) is 5.71. The second kappa shape index (κ2) is 4.84. The molecule has 2 rings (SSSR count). The largest absolute Gasteiger partial charge is 0.388 e. The summed E-state index contributed by atoms with van der Waals surface area (Å²) in [5, 5.41) is 10.2. The van der Waals surface area contributed by atoms with Crippen LogP contribution in [0, 0.1) is 17.7 Å². The molecule has 1 aliphatic carbocycles. The van der Waals surface area contributed by atoms with E-state index in [0.29, 0.717) is 11.5 Å². The van der Waals surface area contributed by atoms with Crippen LogP contribution in [0.25, 0.3) is 0 Å². The standard InChI is InChI=1S/C13H16BrFO/c1-8-2-3-9(6-8)13(16)11-7-10(14)4-5-12(11)15/h4-5,7-9,13,16H,2-3,6H2,1H3. The maximum Gasteiger partial charge on any atom is 0.129 e. The second-order valence-corrected chi connectivity index (χ2v) is 5.70. The summed E-state index contributed by atoms with van der Waals surface area (Å²) >= 11 is 3.31. The lowest BCUT2D eigenvalue weighted by atomic mass is 9.93. The van der Waals surface area contributed by atoms with Gasteiger partial charge in [0, 0.05) is 10.0 Å². The minimum atomic E-state index is -0.664. The Kier molecular flexibility index (Phi) is 3.65. The van der Waals surface area contributed by atoms with Gasteiger partial charge in [0.25, 0.3) is 0 Å². The van der Waals surface area contributed by atoms with Crippen LogP contribution >= 0.6 is 15.9 Å². The molecule has 1 aliphatic rings. The van der Waals surface area contributed by atoms with Gasteiger partial charge in [0.2, 0.25) is 0 Å². The first kappa shape index (κ1) is 12.1. The van der Waals surface area contributed by atoms with Gasteiger partial charge >= 0.3 is 0 Å². The number of aliphatic hydroxyl groups excluding tert-OH is 1. The molecule has 0 amide bonds. The molecule has 0 spiro atoms. The van der Waals surface area contributed by atoms with Gasteiger partial charge in [-0.1, -0.05) is 29.3 Å². The van der Waals surface area contributed by atoms with E-state index >= 15 is 0 Å². The Hall–Kier alpha value is -0.410. The van der Waals surface area contributed by atoms with E-state index < -0.39 is 6.10 Å². The van der Waals surface area contributed by atoms with Crippen LogP contribution in [0.5, 0.6) is 0 Å². The van der Waals surface area contributed by atoms with Crippen LogP contribution in [0.15, 0.2) is 22.7 Å². The van der Waals surface area contributed by atoms with E-state index in [-0.39, 0.29) is 11.7 Å². The summed E-state index contributed by atoms with van der Waals surface area (Å²) in [5.41, 5.74) is 0.425. The fraction of sp³-hybridized carbons (Fsp3) is 0.538. The summed E-state index contributed by atoms with van der Waals surface area (Å²) in [6.45, 7) is 2.18. The van der Waals surface area contributed by atoms with Crippen molar-refractivity contribution in [1.29, 1.82) is 0 Å². The summed E-state index contributed by atoms with van der Waals surface area (Å²) in [5.74, 6) is 0.545. The average molecular weight is 287 g/mol. The lowest BCUT2D eigenvalue weighted by Gasteiger charge is -2.19. The molecule has 1 fully saturated rings. The van der Waals surface area contributed by atoms with Gasteiger partial charge in [0.1, 0.15) is 5.82 Å². The van der Waals surface area contributed by atoms with Gasteiger partial charge in [-0.05, 0) is 42.9 Å². The molecule has 1 aromatic rings. The monoisotopic (exact) mass is 286 g/mol. The maximum absolute atomic E-state index is 13.6. The third-order valence-electron chi connectivity index (χ3n) is 3.46. The summed E-state index contributed by atoms with van der Waals surface area (Å²) < 4.78 is 14.4. The van der Waals surface area contributed by atoms with Crippen LogP contribution in [-0.2, 0) is 0 Å². The van der Waals surface area contributed by atoms with Gasteiger partial charge in [-0.3, -0.25) is 0 Å². The number of aliphatic hydroxyl groups is 1. The van der Waals surface area contributed by atoms with E-state index in [4.69, 9.17) is 0 Å². The molecule has 88 valence electrons. The van der Waals surface area contributed by atoms with E-state index in [1.54, 1.807) is 12.1 Å². The number of halogens is 2. The van der Waals surface area contributed by atoms with Gasteiger partial charge in [0.15, 0.2) is 0 Å².